The van der Waals surface area contributed by atoms with Crippen molar-refractivity contribution in [3.8, 4) is 11.1 Å². The second-order valence-electron chi connectivity index (χ2n) is 4.42. The summed E-state index contributed by atoms with van der Waals surface area (Å²) in [6.45, 7) is 4.36. The molecule has 1 nitrogen and oxygen atoms in total. The van der Waals surface area contributed by atoms with Crippen molar-refractivity contribution in [2.75, 3.05) is 5.73 Å². The standard InChI is InChI=1S/C16H19N/c1-3-7-15-12(2)14(10-11-16(15)17)13-8-5-4-6-9-13/h4-6,8-11H,3,7,17H2,1-2H3. The Labute approximate surface area is 103 Å². The van der Waals surface area contributed by atoms with E-state index in [1.165, 1.54) is 22.3 Å². The van der Waals surface area contributed by atoms with Gasteiger partial charge in [-0.3, -0.25) is 0 Å². The molecule has 0 amide bonds. The van der Waals surface area contributed by atoms with Crippen LogP contribution in [0.15, 0.2) is 42.5 Å². The van der Waals surface area contributed by atoms with Crippen molar-refractivity contribution in [1.82, 2.24) is 0 Å². The van der Waals surface area contributed by atoms with Crippen LogP contribution in [-0.2, 0) is 6.42 Å². The van der Waals surface area contributed by atoms with Crippen LogP contribution in [0.4, 0.5) is 5.69 Å². The Balaban J connectivity index is 2.53. The monoisotopic (exact) mass is 225 g/mol. The van der Waals surface area contributed by atoms with Crippen LogP contribution in [0.1, 0.15) is 24.5 Å². The average molecular weight is 225 g/mol. The van der Waals surface area contributed by atoms with Crippen LogP contribution in [0.2, 0.25) is 0 Å². The van der Waals surface area contributed by atoms with Gasteiger partial charge >= 0.3 is 0 Å². The number of hydrogen-bond acceptors (Lipinski definition) is 1. The molecule has 1 heteroatoms. The van der Waals surface area contributed by atoms with E-state index in [1.807, 2.05) is 12.1 Å². The van der Waals surface area contributed by atoms with Crippen molar-refractivity contribution in [2.24, 2.45) is 0 Å². The van der Waals surface area contributed by atoms with E-state index < -0.39 is 0 Å². The third-order valence-electron chi connectivity index (χ3n) is 3.22. The molecule has 0 spiro atoms. The summed E-state index contributed by atoms with van der Waals surface area (Å²) < 4.78 is 0. The van der Waals surface area contributed by atoms with Crippen molar-refractivity contribution in [2.45, 2.75) is 26.7 Å². The van der Waals surface area contributed by atoms with Crippen molar-refractivity contribution < 1.29 is 0 Å². The van der Waals surface area contributed by atoms with Crippen LogP contribution < -0.4 is 5.73 Å². The molecule has 0 saturated carbocycles. The van der Waals surface area contributed by atoms with Crippen molar-refractivity contribution in [3.63, 3.8) is 0 Å². The molecule has 17 heavy (non-hydrogen) atoms. The molecule has 0 aliphatic rings. The Morgan fingerprint density at radius 1 is 1.00 bits per heavy atom. The molecule has 0 fully saturated rings. The van der Waals surface area contributed by atoms with Crippen LogP contribution in [0.5, 0.6) is 0 Å². The summed E-state index contributed by atoms with van der Waals surface area (Å²) in [4.78, 5) is 0. The SMILES string of the molecule is CCCc1c(N)ccc(-c2ccccc2)c1C. The molecular formula is C16H19N. The summed E-state index contributed by atoms with van der Waals surface area (Å²) >= 11 is 0. The Kier molecular flexibility index (Phi) is 3.48. The van der Waals surface area contributed by atoms with Gasteiger partial charge in [-0.15, -0.1) is 0 Å². The number of anilines is 1. The van der Waals surface area contributed by atoms with Crippen LogP contribution in [0.3, 0.4) is 0 Å². The van der Waals surface area contributed by atoms with Gasteiger partial charge in [0.25, 0.3) is 0 Å². The minimum Gasteiger partial charge on any atom is -0.398 e. The van der Waals surface area contributed by atoms with Crippen molar-refractivity contribution >= 4 is 5.69 Å². The molecule has 2 N–H and O–H groups in total. The molecule has 0 unspecified atom stereocenters. The summed E-state index contributed by atoms with van der Waals surface area (Å²) in [7, 11) is 0. The molecule has 0 radical (unpaired) electrons. The fourth-order valence-electron chi connectivity index (χ4n) is 2.29. The summed E-state index contributed by atoms with van der Waals surface area (Å²) in [5, 5.41) is 0. The van der Waals surface area contributed by atoms with Gasteiger partial charge in [-0.1, -0.05) is 49.7 Å². The van der Waals surface area contributed by atoms with Gasteiger partial charge < -0.3 is 5.73 Å². The minimum atomic E-state index is 0.920. The van der Waals surface area contributed by atoms with Gasteiger partial charge in [0.2, 0.25) is 0 Å². The van der Waals surface area contributed by atoms with Gasteiger partial charge in [-0.25, -0.2) is 0 Å². The molecule has 2 aromatic carbocycles. The Morgan fingerprint density at radius 3 is 2.35 bits per heavy atom. The molecule has 0 saturated heterocycles. The summed E-state index contributed by atoms with van der Waals surface area (Å²) in [6, 6.07) is 14.6. The van der Waals surface area contributed by atoms with Crippen molar-refractivity contribution in [3.05, 3.63) is 53.6 Å². The second-order valence-corrected chi connectivity index (χ2v) is 4.42. The van der Waals surface area contributed by atoms with Gasteiger partial charge in [0.15, 0.2) is 0 Å². The first kappa shape index (κ1) is 11.7. The van der Waals surface area contributed by atoms with E-state index in [2.05, 4.69) is 44.2 Å². The highest BCUT2D eigenvalue weighted by molar-refractivity contribution is 5.72. The highest BCUT2D eigenvalue weighted by atomic mass is 14.6. The molecule has 88 valence electrons. The molecule has 0 aromatic heterocycles. The topological polar surface area (TPSA) is 26.0 Å². The highest BCUT2D eigenvalue weighted by Crippen LogP contribution is 2.29. The largest absolute Gasteiger partial charge is 0.398 e. The predicted octanol–water partition coefficient (Wildman–Crippen LogP) is 4.20. The van der Waals surface area contributed by atoms with Crippen LogP contribution in [0, 0.1) is 6.92 Å². The molecular weight excluding hydrogens is 206 g/mol. The fraction of sp³-hybridized carbons (Fsp3) is 0.250. The zero-order valence-electron chi connectivity index (χ0n) is 10.5. The number of nitrogen functional groups attached to an aromatic ring is 1. The Bertz CT molecular complexity index is 500. The van der Waals surface area contributed by atoms with Gasteiger partial charge in [-0.2, -0.15) is 0 Å². The third-order valence-corrected chi connectivity index (χ3v) is 3.22. The lowest BCUT2D eigenvalue weighted by Gasteiger charge is -2.13. The van der Waals surface area contributed by atoms with Gasteiger partial charge in [0.05, 0.1) is 0 Å². The maximum atomic E-state index is 6.05. The van der Waals surface area contributed by atoms with Gasteiger partial charge in [-0.05, 0) is 41.7 Å². The molecule has 0 aliphatic carbocycles. The number of hydrogen-bond donors (Lipinski definition) is 1. The number of rotatable bonds is 3. The lowest BCUT2D eigenvalue weighted by molar-refractivity contribution is 0.916. The summed E-state index contributed by atoms with van der Waals surface area (Å²) in [5.41, 5.74) is 12.2. The zero-order chi connectivity index (χ0) is 12.3. The quantitative estimate of drug-likeness (QED) is 0.778. The van der Waals surface area contributed by atoms with Crippen LogP contribution >= 0.6 is 0 Å². The molecule has 0 heterocycles. The lowest BCUT2D eigenvalue weighted by atomic mass is 9.93. The van der Waals surface area contributed by atoms with Gasteiger partial charge in [0.1, 0.15) is 0 Å². The van der Waals surface area contributed by atoms with E-state index in [0.717, 1.165) is 18.5 Å². The first-order chi connectivity index (χ1) is 8.24. The number of benzene rings is 2. The zero-order valence-corrected chi connectivity index (χ0v) is 10.5. The summed E-state index contributed by atoms with van der Waals surface area (Å²) in [5.74, 6) is 0. The van der Waals surface area contributed by atoms with E-state index in [0.29, 0.717) is 0 Å². The maximum Gasteiger partial charge on any atom is 0.0349 e. The van der Waals surface area contributed by atoms with Crippen LogP contribution in [-0.4, -0.2) is 0 Å². The lowest BCUT2D eigenvalue weighted by Crippen LogP contribution is -1.99. The van der Waals surface area contributed by atoms with Gasteiger partial charge in [0, 0.05) is 5.69 Å². The smallest absolute Gasteiger partial charge is 0.0349 e. The van der Waals surface area contributed by atoms with Crippen LogP contribution in [0.25, 0.3) is 11.1 Å². The minimum absolute atomic E-state index is 0.920. The first-order valence-electron chi connectivity index (χ1n) is 6.17. The molecule has 0 bridgehead atoms. The predicted molar refractivity (Wildman–Crippen MR) is 75.0 cm³/mol. The normalized spacial score (nSPS) is 10.5. The molecule has 0 aliphatic heterocycles. The number of nitrogens with two attached hydrogens (primary N) is 1. The van der Waals surface area contributed by atoms with E-state index in [-0.39, 0.29) is 0 Å². The molecule has 2 aromatic rings. The second kappa shape index (κ2) is 5.05. The Hall–Kier alpha value is -1.76. The van der Waals surface area contributed by atoms with E-state index in [9.17, 15) is 0 Å². The third kappa shape index (κ3) is 2.33. The summed E-state index contributed by atoms with van der Waals surface area (Å²) in [6.07, 6.45) is 2.18. The maximum absolute atomic E-state index is 6.05. The molecule has 0 atom stereocenters. The van der Waals surface area contributed by atoms with E-state index in [1.54, 1.807) is 0 Å². The molecule has 2 rings (SSSR count). The fourth-order valence-corrected chi connectivity index (χ4v) is 2.29. The van der Waals surface area contributed by atoms with E-state index in [4.69, 9.17) is 5.73 Å². The average Bonchev–Trinajstić information content (AvgIpc) is 2.36. The van der Waals surface area contributed by atoms with E-state index >= 15 is 0 Å². The Morgan fingerprint density at radius 2 is 1.71 bits per heavy atom. The van der Waals surface area contributed by atoms with Crippen molar-refractivity contribution in [1.29, 1.82) is 0 Å². The highest BCUT2D eigenvalue weighted by Gasteiger charge is 2.08. The first-order valence-corrected chi connectivity index (χ1v) is 6.17.